The smallest absolute Gasteiger partial charge is 0.361 e. The predicted octanol–water partition coefficient (Wildman–Crippen LogP) is 5.79. The molecule has 4 N–H and O–H groups in total. The summed E-state index contributed by atoms with van der Waals surface area (Å²) in [6.07, 6.45) is 13.1. The van der Waals surface area contributed by atoms with Gasteiger partial charge in [-0.25, -0.2) is 19.2 Å². The van der Waals surface area contributed by atoms with Crippen molar-refractivity contribution in [2.45, 2.75) is 95.0 Å². The van der Waals surface area contributed by atoms with Crippen LogP contribution in [0, 0.1) is 17.2 Å². The fraction of sp³-hybridized carbons (Fsp3) is 0.436. The van der Waals surface area contributed by atoms with Crippen LogP contribution in [0.5, 0.6) is 0 Å². The summed E-state index contributed by atoms with van der Waals surface area (Å²) in [5, 5.41) is 9.72. The third-order valence-electron chi connectivity index (χ3n) is 16.4. The van der Waals surface area contributed by atoms with Gasteiger partial charge in [-0.2, -0.15) is 5.10 Å². The van der Waals surface area contributed by atoms with Gasteiger partial charge in [0.1, 0.15) is 11.9 Å². The van der Waals surface area contributed by atoms with Crippen LogP contribution in [-0.2, 0) is 25.7 Å². The van der Waals surface area contributed by atoms with E-state index in [1.807, 2.05) is 15.8 Å². The molecule has 2 aromatic heterocycles. The highest BCUT2D eigenvalue weighted by atomic mass is 19.1. The average molecular weight is 1010 g/mol. The zero-order valence-corrected chi connectivity index (χ0v) is 41.2. The van der Waals surface area contributed by atoms with Gasteiger partial charge in [0.05, 0.1) is 24.1 Å². The Bertz CT molecular complexity index is 2960. The van der Waals surface area contributed by atoms with Crippen molar-refractivity contribution in [2.24, 2.45) is 11.3 Å². The van der Waals surface area contributed by atoms with Gasteiger partial charge >= 0.3 is 5.97 Å². The van der Waals surface area contributed by atoms with Gasteiger partial charge in [-0.05, 0) is 130 Å². The number of halogens is 1. The van der Waals surface area contributed by atoms with E-state index in [1.165, 1.54) is 61.0 Å². The van der Waals surface area contributed by atoms with Crippen molar-refractivity contribution in [1.82, 2.24) is 44.7 Å². The number of hydrogen-bond donors (Lipinski definition) is 3. The monoisotopic (exact) mass is 1010 g/mol. The Morgan fingerprint density at radius 2 is 1.61 bits per heavy atom. The van der Waals surface area contributed by atoms with Crippen molar-refractivity contribution >= 4 is 47.0 Å². The molecule has 3 aromatic carbocycles. The van der Waals surface area contributed by atoms with Gasteiger partial charge in [0.2, 0.25) is 17.9 Å². The summed E-state index contributed by atoms with van der Waals surface area (Å²) in [6, 6.07) is 19.2. The highest BCUT2D eigenvalue weighted by molar-refractivity contribution is 6.06. The van der Waals surface area contributed by atoms with Crippen LogP contribution in [-0.4, -0.2) is 133 Å². The minimum absolute atomic E-state index is 0.0230. The molecule has 1 aliphatic carbocycles. The molecule has 1 spiro atoms. The van der Waals surface area contributed by atoms with Gasteiger partial charge in [-0.3, -0.25) is 34.0 Å². The number of hydrogen-bond acceptors (Lipinski definition) is 13. The predicted molar refractivity (Wildman–Crippen MR) is 269 cm³/mol. The van der Waals surface area contributed by atoms with E-state index in [4.69, 9.17) is 15.6 Å². The van der Waals surface area contributed by atoms with E-state index in [0.717, 1.165) is 64.0 Å². The molecule has 18 nitrogen and oxygen atoms in total. The second-order valence-corrected chi connectivity index (χ2v) is 21.0. The van der Waals surface area contributed by atoms with Crippen LogP contribution >= 0.6 is 0 Å². The standard InChI is InChI=1S/C55H60FN11O7/c56-39-7-9-40(10-8-39)60-51(70)48(35-4-2-1-3-5-35)74-54(73)47-49(57)58-30-44(61-47)38-29-59-67(33-38)41-16-22-64(23-17-41)42-27-55(28-42)18-24-63(25-19-55)31-34-14-20-65(21-15-34)52(71)36-6-11-43-37(26-36)32-66(53(43)72)45-12-13-46(68)62-50(45)69/h1-11,26,29-30,33-34,41-42,45,48H,12-25,27-28,31-32H2,(H2,57,58)(H,60,70)(H,62,68,69)/t45?,48-/m1/s1. The molecule has 6 aliphatic rings. The molecule has 5 aromatic rings. The minimum Gasteiger partial charge on any atom is -0.442 e. The van der Waals surface area contributed by atoms with Crippen LogP contribution in [0.2, 0.25) is 0 Å². The van der Waals surface area contributed by atoms with E-state index in [1.54, 1.807) is 54.7 Å². The van der Waals surface area contributed by atoms with Gasteiger partial charge in [-0.15, -0.1) is 0 Å². The molecule has 2 atom stereocenters. The Balaban J connectivity index is 0.614. The third-order valence-corrected chi connectivity index (χ3v) is 16.4. The number of piperidine rings is 4. The number of anilines is 2. The number of carbonyl (C=O) groups is 6. The molecule has 19 heteroatoms. The van der Waals surface area contributed by atoms with Crippen LogP contribution in [0.4, 0.5) is 15.9 Å². The molecule has 74 heavy (non-hydrogen) atoms. The zero-order valence-electron chi connectivity index (χ0n) is 41.2. The maximum atomic E-state index is 13.6. The SMILES string of the molecule is Nc1ncc(-c2cnn(C3CCN(C4CC5(CCN(CC6CCN(C(=O)c7ccc8c(c7)CN(C7CCC(=O)NC7=O)C8=O)CC6)CC5)C4)CC3)c2)nc1C(=O)O[C@@H](C(=O)Nc1ccc(F)cc1)c1ccccc1. The molecule has 0 radical (unpaired) electrons. The molecule has 5 fully saturated rings. The number of esters is 1. The number of likely N-dealkylation sites (tertiary alicyclic amines) is 3. The lowest BCUT2D eigenvalue weighted by Crippen LogP contribution is -2.56. The first kappa shape index (κ1) is 48.9. The number of imide groups is 1. The van der Waals surface area contributed by atoms with Gasteiger partial charge in [0, 0.05) is 85.9 Å². The number of nitrogen functional groups attached to an aromatic ring is 1. The normalized spacial score (nSPS) is 21.3. The van der Waals surface area contributed by atoms with Crippen molar-refractivity contribution in [3.63, 3.8) is 0 Å². The maximum Gasteiger partial charge on any atom is 0.361 e. The zero-order chi connectivity index (χ0) is 51.1. The van der Waals surface area contributed by atoms with E-state index < -0.39 is 35.7 Å². The van der Waals surface area contributed by atoms with Gasteiger partial charge < -0.3 is 35.4 Å². The highest BCUT2D eigenvalue weighted by Crippen LogP contribution is 2.51. The summed E-state index contributed by atoms with van der Waals surface area (Å²) >= 11 is 0. The number of ether oxygens (including phenoxy) is 1. The molecule has 7 heterocycles. The molecule has 0 bridgehead atoms. The molecule has 384 valence electrons. The average Bonchev–Trinajstić information content (AvgIpc) is 4.04. The van der Waals surface area contributed by atoms with Crippen LogP contribution < -0.4 is 16.4 Å². The topological polar surface area (TPSA) is 218 Å². The first-order valence-electron chi connectivity index (χ1n) is 25.9. The molecule has 4 saturated heterocycles. The maximum absolute atomic E-state index is 13.6. The van der Waals surface area contributed by atoms with Crippen LogP contribution in [0.3, 0.4) is 0 Å². The third kappa shape index (κ3) is 10.1. The van der Waals surface area contributed by atoms with Crippen molar-refractivity contribution in [3.05, 3.63) is 125 Å². The first-order chi connectivity index (χ1) is 35.8. The number of aromatic nitrogens is 4. The number of benzene rings is 3. The van der Waals surface area contributed by atoms with Gasteiger partial charge in [0.15, 0.2) is 11.5 Å². The number of nitrogens with one attached hydrogen (secondary N) is 2. The molecule has 1 saturated carbocycles. The second kappa shape index (κ2) is 20.5. The summed E-state index contributed by atoms with van der Waals surface area (Å²) in [7, 11) is 0. The molecular weight excluding hydrogens is 946 g/mol. The Morgan fingerprint density at radius 3 is 2.34 bits per heavy atom. The lowest BCUT2D eigenvalue weighted by atomic mass is 9.59. The van der Waals surface area contributed by atoms with Gasteiger partial charge in [0.25, 0.3) is 17.7 Å². The minimum atomic E-state index is -1.36. The van der Waals surface area contributed by atoms with Gasteiger partial charge in [-0.1, -0.05) is 30.3 Å². The summed E-state index contributed by atoms with van der Waals surface area (Å²) < 4.78 is 21.2. The summed E-state index contributed by atoms with van der Waals surface area (Å²) in [5.41, 5.74) is 9.98. The van der Waals surface area contributed by atoms with Crippen molar-refractivity contribution in [3.8, 4) is 11.3 Å². The summed E-state index contributed by atoms with van der Waals surface area (Å²) in [5.74, 6) is -2.64. The van der Waals surface area contributed by atoms with E-state index in [9.17, 15) is 33.2 Å². The van der Waals surface area contributed by atoms with E-state index in [0.29, 0.717) is 70.5 Å². The Labute approximate surface area is 427 Å². The molecule has 5 amide bonds. The van der Waals surface area contributed by atoms with Crippen LogP contribution in [0.25, 0.3) is 11.3 Å². The number of nitrogens with two attached hydrogens (primary N) is 1. The van der Waals surface area contributed by atoms with Crippen molar-refractivity contribution < 1.29 is 37.9 Å². The summed E-state index contributed by atoms with van der Waals surface area (Å²) in [4.78, 5) is 95.5. The lowest BCUT2D eigenvalue weighted by Gasteiger charge is -2.56. The second-order valence-electron chi connectivity index (χ2n) is 21.0. The number of fused-ring (bicyclic) bond motifs is 1. The molecule has 11 rings (SSSR count). The Morgan fingerprint density at radius 1 is 0.865 bits per heavy atom. The Hall–Kier alpha value is -7.38. The van der Waals surface area contributed by atoms with Crippen LogP contribution in [0.15, 0.2) is 91.4 Å². The number of carbonyl (C=O) groups excluding carboxylic acids is 6. The summed E-state index contributed by atoms with van der Waals surface area (Å²) in [6.45, 7) is 6.96. The largest absolute Gasteiger partial charge is 0.442 e. The first-order valence-corrected chi connectivity index (χ1v) is 25.9. The number of amides is 5. The van der Waals surface area contributed by atoms with E-state index >= 15 is 0 Å². The number of nitrogens with zero attached hydrogens (tertiary/aromatic N) is 8. The quantitative estimate of drug-likeness (QED) is 0.0997. The fourth-order valence-electron chi connectivity index (χ4n) is 12.1. The van der Waals surface area contributed by atoms with Crippen molar-refractivity contribution in [1.29, 1.82) is 0 Å². The Kier molecular flexibility index (Phi) is 13.5. The molecule has 5 aliphatic heterocycles. The highest BCUT2D eigenvalue weighted by Gasteiger charge is 2.48. The molecular formula is C55H60FN11O7. The van der Waals surface area contributed by atoms with E-state index in [-0.39, 0.29) is 48.2 Å². The molecule has 1 unspecified atom stereocenters. The number of rotatable bonds is 12. The van der Waals surface area contributed by atoms with Crippen LogP contribution in [0.1, 0.15) is 119 Å². The fourth-order valence-corrected chi connectivity index (χ4v) is 12.1. The lowest BCUT2D eigenvalue weighted by molar-refractivity contribution is -0.137. The van der Waals surface area contributed by atoms with Crippen molar-refractivity contribution in [2.75, 3.05) is 56.9 Å². The van der Waals surface area contributed by atoms with E-state index in [2.05, 4.69) is 30.4 Å².